The van der Waals surface area contributed by atoms with Crippen LogP contribution in [0.3, 0.4) is 0 Å². The Morgan fingerprint density at radius 1 is 1.21 bits per heavy atom. The first-order valence-electron chi connectivity index (χ1n) is 9.43. The van der Waals surface area contributed by atoms with Crippen LogP contribution in [0.4, 0.5) is 5.88 Å². The fourth-order valence-corrected chi connectivity index (χ4v) is 4.36. The van der Waals surface area contributed by atoms with Gasteiger partial charge in [-0.25, -0.2) is 0 Å². The van der Waals surface area contributed by atoms with Crippen LogP contribution in [0, 0.1) is 11.3 Å². The number of aromatic nitrogens is 1. The van der Waals surface area contributed by atoms with E-state index >= 15 is 0 Å². The van der Waals surface area contributed by atoms with Crippen molar-refractivity contribution in [2.24, 2.45) is 0 Å². The zero-order valence-electron chi connectivity index (χ0n) is 15.4. The van der Waals surface area contributed by atoms with Gasteiger partial charge in [0.05, 0.1) is 10.9 Å². The minimum Gasteiger partial charge on any atom is -0.418 e. The Balaban J connectivity index is 1.55. The predicted molar refractivity (Wildman–Crippen MR) is 113 cm³/mol. The van der Waals surface area contributed by atoms with Gasteiger partial charge in [-0.3, -0.25) is 4.90 Å². The van der Waals surface area contributed by atoms with Crippen LogP contribution >= 0.6 is 22.9 Å². The molecule has 7 heteroatoms. The van der Waals surface area contributed by atoms with E-state index in [9.17, 15) is 5.26 Å². The molecule has 0 bridgehead atoms. The third-order valence-corrected chi connectivity index (χ3v) is 6.12. The lowest BCUT2D eigenvalue weighted by molar-refractivity contribution is 0.170. The van der Waals surface area contributed by atoms with Crippen molar-refractivity contribution >= 4 is 28.8 Å². The van der Waals surface area contributed by atoms with E-state index in [-0.39, 0.29) is 11.7 Å². The minimum atomic E-state index is 0.180. The number of rotatable bonds is 6. The Morgan fingerprint density at radius 3 is 2.68 bits per heavy atom. The smallest absolute Gasteiger partial charge is 0.240 e. The average molecular weight is 413 g/mol. The SMILES string of the molecule is N#Cc1nc(-c2cccs2)oc1NC[C@@H](c1ccc(Cl)cc1)N1CCCCC1. The van der Waals surface area contributed by atoms with Crippen LogP contribution in [0.15, 0.2) is 46.2 Å². The lowest BCUT2D eigenvalue weighted by atomic mass is 10.0. The van der Waals surface area contributed by atoms with Crippen LogP contribution in [-0.4, -0.2) is 29.5 Å². The van der Waals surface area contributed by atoms with Gasteiger partial charge >= 0.3 is 0 Å². The molecule has 3 aromatic rings. The summed E-state index contributed by atoms with van der Waals surface area (Å²) in [6.07, 6.45) is 3.69. The molecular formula is C21H21ClN4OS. The van der Waals surface area contributed by atoms with E-state index in [4.69, 9.17) is 16.0 Å². The summed E-state index contributed by atoms with van der Waals surface area (Å²) in [5.41, 5.74) is 1.49. The van der Waals surface area contributed by atoms with Gasteiger partial charge < -0.3 is 9.73 Å². The molecule has 0 saturated carbocycles. The van der Waals surface area contributed by atoms with E-state index in [2.05, 4.69) is 33.4 Å². The molecule has 4 rings (SSSR count). The number of halogens is 1. The number of oxazole rings is 1. The van der Waals surface area contributed by atoms with Gasteiger partial charge in [-0.15, -0.1) is 11.3 Å². The molecule has 1 fully saturated rings. The highest BCUT2D eigenvalue weighted by atomic mass is 35.5. The van der Waals surface area contributed by atoms with Crippen LogP contribution in [0.1, 0.15) is 36.6 Å². The molecular weight excluding hydrogens is 392 g/mol. The second kappa shape index (κ2) is 8.78. The van der Waals surface area contributed by atoms with Gasteiger partial charge in [0.2, 0.25) is 17.5 Å². The molecule has 0 aliphatic carbocycles. The van der Waals surface area contributed by atoms with Gasteiger partial charge in [0.25, 0.3) is 0 Å². The molecule has 1 aliphatic heterocycles. The van der Waals surface area contributed by atoms with E-state index < -0.39 is 0 Å². The molecule has 0 unspecified atom stereocenters. The van der Waals surface area contributed by atoms with Crippen molar-refractivity contribution in [1.82, 2.24) is 9.88 Å². The van der Waals surface area contributed by atoms with Crippen LogP contribution in [0.5, 0.6) is 0 Å². The molecule has 5 nitrogen and oxygen atoms in total. The summed E-state index contributed by atoms with van der Waals surface area (Å²) in [5, 5.41) is 15.5. The maximum Gasteiger partial charge on any atom is 0.240 e. The molecule has 0 radical (unpaired) electrons. The molecule has 0 spiro atoms. The molecule has 2 aromatic heterocycles. The highest BCUT2D eigenvalue weighted by Gasteiger charge is 2.24. The monoisotopic (exact) mass is 412 g/mol. The molecule has 3 heterocycles. The summed E-state index contributed by atoms with van der Waals surface area (Å²) in [6.45, 7) is 2.77. The molecule has 144 valence electrons. The maximum atomic E-state index is 9.46. The summed E-state index contributed by atoms with van der Waals surface area (Å²) < 4.78 is 5.87. The summed E-state index contributed by atoms with van der Waals surface area (Å²) in [5.74, 6) is 0.914. The highest BCUT2D eigenvalue weighted by Crippen LogP contribution is 2.30. The topological polar surface area (TPSA) is 65.1 Å². The number of thiophene rings is 1. The molecule has 1 aromatic carbocycles. The molecule has 1 atom stereocenters. The first kappa shape index (κ1) is 19.0. The van der Waals surface area contributed by atoms with E-state index in [1.54, 1.807) is 0 Å². The van der Waals surface area contributed by atoms with E-state index in [1.165, 1.54) is 36.2 Å². The summed E-state index contributed by atoms with van der Waals surface area (Å²) in [6, 6.07) is 14.2. The Bertz CT molecular complexity index is 940. The second-order valence-corrected chi connectivity index (χ2v) is 8.21. The van der Waals surface area contributed by atoms with Crippen molar-refractivity contribution in [2.45, 2.75) is 25.3 Å². The van der Waals surface area contributed by atoms with Crippen molar-refractivity contribution in [2.75, 3.05) is 25.0 Å². The van der Waals surface area contributed by atoms with Crippen molar-refractivity contribution < 1.29 is 4.42 Å². The number of anilines is 1. The van der Waals surface area contributed by atoms with Crippen molar-refractivity contribution in [3.05, 3.63) is 58.1 Å². The number of hydrogen-bond donors (Lipinski definition) is 1. The van der Waals surface area contributed by atoms with Crippen molar-refractivity contribution in [1.29, 1.82) is 5.26 Å². The lowest BCUT2D eigenvalue weighted by Crippen LogP contribution is -2.37. The predicted octanol–water partition coefficient (Wildman–Crippen LogP) is 5.57. The first-order valence-corrected chi connectivity index (χ1v) is 10.7. The first-order chi connectivity index (χ1) is 13.7. The lowest BCUT2D eigenvalue weighted by Gasteiger charge is -2.35. The third-order valence-electron chi connectivity index (χ3n) is 5.01. The number of nitrogens with one attached hydrogen (secondary N) is 1. The van der Waals surface area contributed by atoms with Gasteiger partial charge in [-0.1, -0.05) is 36.2 Å². The van der Waals surface area contributed by atoms with E-state index in [0.717, 1.165) is 23.0 Å². The fourth-order valence-electron chi connectivity index (χ4n) is 3.58. The normalized spacial score (nSPS) is 15.9. The Morgan fingerprint density at radius 2 is 2.00 bits per heavy atom. The van der Waals surface area contributed by atoms with Gasteiger partial charge in [0.1, 0.15) is 6.07 Å². The zero-order valence-corrected chi connectivity index (χ0v) is 17.0. The van der Waals surface area contributed by atoms with Gasteiger partial charge in [-0.2, -0.15) is 10.2 Å². The van der Waals surface area contributed by atoms with Crippen LogP contribution < -0.4 is 5.32 Å². The molecule has 1 N–H and O–H groups in total. The summed E-state index contributed by atoms with van der Waals surface area (Å²) in [7, 11) is 0. The average Bonchev–Trinajstić information content (AvgIpc) is 3.40. The largest absolute Gasteiger partial charge is 0.418 e. The zero-order chi connectivity index (χ0) is 19.3. The summed E-state index contributed by atoms with van der Waals surface area (Å²) in [4.78, 5) is 7.74. The van der Waals surface area contributed by atoms with Crippen molar-refractivity contribution in [3.8, 4) is 16.8 Å². The molecule has 1 aliphatic rings. The number of benzene rings is 1. The standard InChI is InChI=1S/C21H21ClN4OS/c22-16-8-6-15(7-9-16)18(26-10-2-1-3-11-26)14-24-20-17(13-23)25-21(27-20)19-5-4-12-28-19/h4-9,12,18,24H,1-3,10-11,14H2/t18-/m0/s1. The number of likely N-dealkylation sites (tertiary alicyclic amines) is 1. The Hall–Kier alpha value is -2.33. The molecule has 1 saturated heterocycles. The quantitative estimate of drug-likeness (QED) is 0.573. The van der Waals surface area contributed by atoms with Gasteiger partial charge in [0.15, 0.2) is 0 Å². The van der Waals surface area contributed by atoms with E-state index in [0.29, 0.717) is 18.3 Å². The maximum absolute atomic E-state index is 9.46. The minimum absolute atomic E-state index is 0.180. The highest BCUT2D eigenvalue weighted by molar-refractivity contribution is 7.13. The summed E-state index contributed by atoms with van der Waals surface area (Å²) >= 11 is 7.62. The Kier molecular flexibility index (Phi) is 5.96. The molecule has 28 heavy (non-hydrogen) atoms. The van der Waals surface area contributed by atoms with Gasteiger partial charge in [0, 0.05) is 11.6 Å². The molecule has 0 amide bonds. The second-order valence-electron chi connectivity index (χ2n) is 6.83. The fraction of sp³-hybridized carbons (Fsp3) is 0.333. The number of nitriles is 1. The number of piperidine rings is 1. The number of nitrogens with zero attached hydrogens (tertiary/aromatic N) is 3. The van der Waals surface area contributed by atoms with Crippen molar-refractivity contribution in [3.63, 3.8) is 0 Å². The van der Waals surface area contributed by atoms with E-state index in [1.807, 2.05) is 29.6 Å². The van der Waals surface area contributed by atoms with Crippen LogP contribution in [0.2, 0.25) is 5.02 Å². The number of hydrogen-bond acceptors (Lipinski definition) is 6. The Labute approximate surface area is 173 Å². The third kappa shape index (κ3) is 4.22. The van der Waals surface area contributed by atoms with Gasteiger partial charge in [-0.05, 0) is 55.1 Å². The van der Waals surface area contributed by atoms with Crippen LogP contribution in [-0.2, 0) is 0 Å². The van der Waals surface area contributed by atoms with Crippen LogP contribution in [0.25, 0.3) is 10.8 Å².